The molecule has 2 saturated heterocycles. The van der Waals surface area contributed by atoms with Crippen molar-refractivity contribution in [2.75, 3.05) is 31.1 Å². The molecule has 174 valence electrons. The Morgan fingerprint density at radius 2 is 1.62 bits per heavy atom. The highest BCUT2D eigenvalue weighted by Gasteiger charge is 2.30. The molecule has 2 aliphatic rings. The minimum atomic E-state index is -0.273. The molecule has 34 heavy (non-hydrogen) atoms. The molecule has 4 aromatic rings. The van der Waals surface area contributed by atoms with Gasteiger partial charge in [0.05, 0.1) is 11.8 Å². The zero-order chi connectivity index (χ0) is 23.1. The summed E-state index contributed by atoms with van der Waals surface area (Å²) in [6.45, 7) is 3.65. The maximum atomic E-state index is 13.6. The van der Waals surface area contributed by atoms with Crippen molar-refractivity contribution in [3.05, 3.63) is 66.7 Å². The van der Waals surface area contributed by atoms with Gasteiger partial charge in [-0.3, -0.25) is 9.88 Å². The molecule has 0 amide bonds. The minimum absolute atomic E-state index is 0.176. The van der Waals surface area contributed by atoms with E-state index >= 15 is 0 Å². The number of aromatic nitrogens is 4. The molecular formula is C26H27FN6O. The summed E-state index contributed by atoms with van der Waals surface area (Å²) in [6, 6.07) is 14.9. The van der Waals surface area contributed by atoms with Crippen LogP contribution >= 0.6 is 0 Å². The van der Waals surface area contributed by atoms with E-state index in [0.29, 0.717) is 6.04 Å². The predicted octanol–water partition coefficient (Wildman–Crippen LogP) is 3.63. The van der Waals surface area contributed by atoms with Crippen molar-refractivity contribution in [2.45, 2.75) is 31.4 Å². The van der Waals surface area contributed by atoms with Crippen molar-refractivity contribution >= 4 is 11.5 Å². The van der Waals surface area contributed by atoms with E-state index in [9.17, 15) is 9.50 Å². The topological polar surface area (TPSA) is 69.8 Å². The summed E-state index contributed by atoms with van der Waals surface area (Å²) >= 11 is 0. The number of anilines is 1. The quantitative estimate of drug-likeness (QED) is 0.504. The SMILES string of the molecule is O[C@@H]1CCN(C2CCN(c3ccc4nc(-c5ccc(F)cc5)c(-c5ccncc5)n4n3)CC2)C1. The molecule has 0 unspecified atom stereocenters. The Labute approximate surface area is 197 Å². The van der Waals surface area contributed by atoms with E-state index in [1.807, 2.05) is 28.8 Å². The minimum Gasteiger partial charge on any atom is -0.392 e. The second-order valence-corrected chi connectivity index (χ2v) is 9.17. The van der Waals surface area contributed by atoms with Gasteiger partial charge in [0, 0.05) is 55.7 Å². The lowest BCUT2D eigenvalue weighted by atomic mass is 10.0. The molecule has 6 rings (SSSR count). The van der Waals surface area contributed by atoms with Gasteiger partial charge in [-0.2, -0.15) is 0 Å². The molecule has 8 heteroatoms. The van der Waals surface area contributed by atoms with Gasteiger partial charge in [0.15, 0.2) is 5.65 Å². The van der Waals surface area contributed by atoms with Gasteiger partial charge in [0.1, 0.15) is 17.3 Å². The first kappa shape index (κ1) is 21.2. The van der Waals surface area contributed by atoms with Crippen LogP contribution in [0.15, 0.2) is 60.9 Å². The van der Waals surface area contributed by atoms with Crippen molar-refractivity contribution in [3.63, 3.8) is 0 Å². The molecule has 1 aromatic carbocycles. The van der Waals surface area contributed by atoms with E-state index in [2.05, 4.69) is 14.8 Å². The van der Waals surface area contributed by atoms with E-state index < -0.39 is 0 Å². The van der Waals surface area contributed by atoms with E-state index in [1.54, 1.807) is 24.5 Å². The molecular weight excluding hydrogens is 431 g/mol. The first-order valence-corrected chi connectivity index (χ1v) is 11.9. The third-order valence-corrected chi connectivity index (χ3v) is 7.03. The van der Waals surface area contributed by atoms with E-state index in [4.69, 9.17) is 10.1 Å². The van der Waals surface area contributed by atoms with Crippen molar-refractivity contribution < 1.29 is 9.50 Å². The van der Waals surface area contributed by atoms with Gasteiger partial charge in [-0.1, -0.05) is 0 Å². The number of aliphatic hydroxyl groups is 1. The van der Waals surface area contributed by atoms with Gasteiger partial charge < -0.3 is 10.0 Å². The smallest absolute Gasteiger partial charge is 0.155 e. The fourth-order valence-electron chi connectivity index (χ4n) is 5.23. The average Bonchev–Trinajstić information content (AvgIpc) is 3.48. The van der Waals surface area contributed by atoms with E-state index in [1.165, 1.54) is 12.1 Å². The Morgan fingerprint density at radius 1 is 0.853 bits per heavy atom. The van der Waals surface area contributed by atoms with Crippen LogP contribution in [0, 0.1) is 5.82 Å². The lowest BCUT2D eigenvalue weighted by Crippen LogP contribution is -2.44. The molecule has 0 saturated carbocycles. The number of hydrogen-bond acceptors (Lipinski definition) is 6. The molecule has 1 N–H and O–H groups in total. The number of rotatable bonds is 4. The molecule has 0 radical (unpaired) electrons. The van der Waals surface area contributed by atoms with Gasteiger partial charge in [-0.15, -0.1) is 5.10 Å². The highest BCUT2D eigenvalue weighted by atomic mass is 19.1. The third kappa shape index (κ3) is 3.93. The van der Waals surface area contributed by atoms with Crippen LogP contribution in [0.2, 0.25) is 0 Å². The Hall–Kier alpha value is -3.36. The molecule has 7 nitrogen and oxygen atoms in total. The molecule has 2 fully saturated rings. The van der Waals surface area contributed by atoms with Gasteiger partial charge in [-0.05, 0) is 67.8 Å². The monoisotopic (exact) mass is 458 g/mol. The third-order valence-electron chi connectivity index (χ3n) is 7.03. The van der Waals surface area contributed by atoms with E-state index in [0.717, 1.165) is 79.4 Å². The number of likely N-dealkylation sites (tertiary alicyclic amines) is 1. The first-order chi connectivity index (χ1) is 16.7. The highest BCUT2D eigenvalue weighted by molar-refractivity contribution is 5.81. The zero-order valence-electron chi connectivity index (χ0n) is 18.9. The largest absolute Gasteiger partial charge is 0.392 e. The summed E-state index contributed by atoms with van der Waals surface area (Å²) < 4.78 is 15.5. The number of imidazole rings is 1. The summed E-state index contributed by atoms with van der Waals surface area (Å²) in [7, 11) is 0. The maximum Gasteiger partial charge on any atom is 0.155 e. The van der Waals surface area contributed by atoms with Crippen LogP contribution in [0.1, 0.15) is 19.3 Å². The molecule has 0 aliphatic carbocycles. The number of β-amino-alcohol motifs (C(OH)–C–C–N with tert-alkyl or cyclic N) is 1. The normalized spacial score (nSPS) is 19.8. The first-order valence-electron chi connectivity index (χ1n) is 11.9. The lowest BCUT2D eigenvalue weighted by Gasteiger charge is -2.37. The van der Waals surface area contributed by atoms with Gasteiger partial charge in [-0.25, -0.2) is 13.9 Å². The highest BCUT2D eigenvalue weighted by Crippen LogP contribution is 2.33. The fraction of sp³-hybridized carbons (Fsp3) is 0.346. The van der Waals surface area contributed by atoms with E-state index in [-0.39, 0.29) is 11.9 Å². The molecule has 3 aromatic heterocycles. The number of nitrogens with zero attached hydrogens (tertiary/aromatic N) is 6. The second-order valence-electron chi connectivity index (χ2n) is 9.17. The molecule has 1 atom stereocenters. The zero-order valence-corrected chi connectivity index (χ0v) is 18.9. The summed E-state index contributed by atoms with van der Waals surface area (Å²) in [6.07, 6.45) is 6.35. The van der Waals surface area contributed by atoms with Crippen LogP contribution in [-0.2, 0) is 0 Å². The van der Waals surface area contributed by atoms with Crippen LogP contribution in [0.5, 0.6) is 0 Å². The van der Waals surface area contributed by atoms with Crippen LogP contribution in [0.4, 0.5) is 10.2 Å². The Balaban J connectivity index is 1.34. The van der Waals surface area contributed by atoms with Crippen molar-refractivity contribution in [2.24, 2.45) is 0 Å². The fourth-order valence-corrected chi connectivity index (χ4v) is 5.23. The number of hydrogen-bond donors (Lipinski definition) is 1. The number of pyridine rings is 1. The predicted molar refractivity (Wildman–Crippen MR) is 129 cm³/mol. The van der Waals surface area contributed by atoms with Crippen molar-refractivity contribution in [1.82, 2.24) is 24.5 Å². The number of fused-ring (bicyclic) bond motifs is 1. The Morgan fingerprint density at radius 3 is 2.32 bits per heavy atom. The Kier molecular flexibility index (Phi) is 5.47. The van der Waals surface area contributed by atoms with Crippen LogP contribution in [-0.4, -0.2) is 67.9 Å². The number of aliphatic hydroxyl groups excluding tert-OH is 1. The van der Waals surface area contributed by atoms with Gasteiger partial charge in [0.2, 0.25) is 0 Å². The molecule has 0 bridgehead atoms. The summed E-state index contributed by atoms with van der Waals surface area (Å²) in [4.78, 5) is 13.8. The number of halogens is 1. The molecule has 2 aliphatic heterocycles. The second kappa shape index (κ2) is 8.77. The summed E-state index contributed by atoms with van der Waals surface area (Å²) in [5.74, 6) is 0.649. The lowest BCUT2D eigenvalue weighted by molar-refractivity contribution is 0.148. The van der Waals surface area contributed by atoms with Crippen LogP contribution < -0.4 is 4.90 Å². The van der Waals surface area contributed by atoms with Crippen molar-refractivity contribution in [3.8, 4) is 22.5 Å². The standard InChI is InChI=1S/C26H27FN6O/c27-20-3-1-18(2-4-20)25-26(19-7-12-28-13-8-19)33-23(29-25)5-6-24(30-33)31-14-9-21(10-15-31)32-16-11-22(34)17-32/h1-8,12-13,21-22,34H,9-11,14-17H2/t22-/m1/s1. The molecule has 0 spiro atoms. The average molecular weight is 459 g/mol. The molecule has 5 heterocycles. The van der Waals surface area contributed by atoms with Gasteiger partial charge >= 0.3 is 0 Å². The number of piperidine rings is 1. The van der Waals surface area contributed by atoms with Crippen LogP contribution in [0.25, 0.3) is 28.2 Å². The van der Waals surface area contributed by atoms with Crippen LogP contribution in [0.3, 0.4) is 0 Å². The Bertz CT molecular complexity index is 1280. The summed E-state index contributed by atoms with van der Waals surface area (Å²) in [5, 5.41) is 14.9. The van der Waals surface area contributed by atoms with Crippen molar-refractivity contribution in [1.29, 1.82) is 0 Å². The summed E-state index contributed by atoms with van der Waals surface area (Å²) in [5.41, 5.74) is 4.18. The number of benzene rings is 1. The maximum absolute atomic E-state index is 13.6. The van der Waals surface area contributed by atoms with Gasteiger partial charge in [0.25, 0.3) is 0 Å².